The van der Waals surface area contributed by atoms with Crippen LogP contribution in [0.2, 0.25) is 0 Å². The van der Waals surface area contributed by atoms with Crippen molar-refractivity contribution in [2.24, 2.45) is 0 Å². The van der Waals surface area contributed by atoms with Gasteiger partial charge in [0, 0.05) is 17.8 Å². The second kappa shape index (κ2) is 6.01. The fourth-order valence-corrected chi connectivity index (χ4v) is 2.95. The summed E-state index contributed by atoms with van der Waals surface area (Å²) in [6.45, 7) is 2.10. The summed E-state index contributed by atoms with van der Waals surface area (Å²) in [6, 6.07) is 13.3. The zero-order chi connectivity index (χ0) is 13.8. The predicted molar refractivity (Wildman–Crippen MR) is 83.7 cm³/mol. The summed E-state index contributed by atoms with van der Waals surface area (Å²) in [5.74, 6) is 6.62. The molecule has 20 heavy (non-hydrogen) atoms. The van der Waals surface area contributed by atoms with Crippen molar-refractivity contribution in [3.63, 3.8) is 0 Å². The maximum absolute atomic E-state index is 3.34. The average molecular weight is 263 g/mol. The molecule has 1 aromatic heterocycles. The van der Waals surface area contributed by atoms with E-state index in [1.165, 1.54) is 37.7 Å². The fraction of sp³-hybridized carbons (Fsp3) is 0.368. The van der Waals surface area contributed by atoms with Crippen LogP contribution < -0.4 is 0 Å². The van der Waals surface area contributed by atoms with Crippen LogP contribution in [0.1, 0.15) is 55.0 Å². The normalized spacial score (nSPS) is 15.7. The summed E-state index contributed by atoms with van der Waals surface area (Å²) in [7, 11) is 0. The van der Waals surface area contributed by atoms with Crippen molar-refractivity contribution in [2.45, 2.75) is 45.1 Å². The third-order valence-electron chi connectivity index (χ3n) is 4.13. The van der Waals surface area contributed by atoms with Crippen LogP contribution >= 0.6 is 0 Å². The standard InChI is InChI=1S/C19H21N/c1-16-9-11-17(12-10-16)13-14-19-8-5-15-20(19)18-6-3-2-4-7-18/h5,8-12,15,18H,2-4,6-7H2,1H3. The monoisotopic (exact) mass is 263 g/mol. The van der Waals surface area contributed by atoms with Gasteiger partial charge in [-0.3, -0.25) is 0 Å². The van der Waals surface area contributed by atoms with E-state index in [4.69, 9.17) is 0 Å². The van der Waals surface area contributed by atoms with E-state index in [2.05, 4.69) is 65.9 Å². The quantitative estimate of drug-likeness (QED) is 0.657. The molecule has 1 fully saturated rings. The zero-order valence-electron chi connectivity index (χ0n) is 12.1. The van der Waals surface area contributed by atoms with Gasteiger partial charge in [-0.25, -0.2) is 0 Å². The Bertz CT molecular complexity index is 616. The van der Waals surface area contributed by atoms with E-state index < -0.39 is 0 Å². The summed E-state index contributed by atoms with van der Waals surface area (Å²) >= 11 is 0. The van der Waals surface area contributed by atoms with Crippen molar-refractivity contribution in [1.29, 1.82) is 0 Å². The molecule has 0 spiro atoms. The molecular weight excluding hydrogens is 242 g/mol. The number of hydrogen-bond acceptors (Lipinski definition) is 0. The number of benzene rings is 1. The highest BCUT2D eigenvalue weighted by Crippen LogP contribution is 2.29. The SMILES string of the molecule is Cc1ccc(C#Cc2cccn2C2CCCCC2)cc1. The van der Waals surface area contributed by atoms with Crippen LogP contribution in [0.25, 0.3) is 0 Å². The van der Waals surface area contributed by atoms with E-state index in [9.17, 15) is 0 Å². The molecule has 0 N–H and O–H groups in total. The molecule has 0 amide bonds. The first-order chi connectivity index (χ1) is 9.83. The van der Waals surface area contributed by atoms with Crippen LogP contribution in [-0.4, -0.2) is 4.57 Å². The van der Waals surface area contributed by atoms with Crippen molar-refractivity contribution in [3.8, 4) is 11.8 Å². The van der Waals surface area contributed by atoms with Crippen LogP contribution in [0.4, 0.5) is 0 Å². The Hall–Kier alpha value is -1.94. The first-order valence-electron chi connectivity index (χ1n) is 7.58. The maximum Gasteiger partial charge on any atom is 0.0926 e. The highest BCUT2D eigenvalue weighted by Gasteiger charge is 2.15. The van der Waals surface area contributed by atoms with Gasteiger partial charge in [0.1, 0.15) is 0 Å². The van der Waals surface area contributed by atoms with Gasteiger partial charge in [-0.05, 0) is 50.0 Å². The fourth-order valence-electron chi connectivity index (χ4n) is 2.95. The third kappa shape index (κ3) is 2.96. The van der Waals surface area contributed by atoms with Gasteiger partial charge < -0.3 is 4.57 Å². The Morgan fingerprint density at radius 1 is 0.950 bits per heavy atom. The molecule has 1 aromatic carbocycles. The van der Waals surface area contributed by atoms with Gasteiger partial charge in [0.25, 0.3) is 0 Å². The Morgan fingerprint density at radius 2 is 1.70 bits per heavy atom. The molecule has 0 aliphatic heterocycles. The Labute approximate surface area is 121 Å². The van der Waals surface area contributed by atoms with E-state index in [0.717, 1.165) is 11.3 Å². The molecule has 1 aliphatic rings. The minimum atomic E-state index is 0.654. The van der Waals surface area contributed by atoms with Crippen molar-refractivity contribution < 1.29 is 0 Å². The predicted octanol–water partition coefficient (Wildman–Crippen LogP) is 4.70. The highest BCUT2D eigenvalue weighted by atomic mass is 15.0. The number of nitrogens with zero attached hydrogens (tertiary/aromatic N) is 1. The summed E-state index contributed by atoms with van der Waals surface area (Å²) in [4.78, 5) is 0. The van der Waals surface area contributed by atoms with E-state index in [0.29, 0.717) is 6.04 Å². The van der Waals surface area contributed by atoms with Gasteiger partial charge in [0.2, 0.25) is 0 Å². The lowest BCUT2D eigenvalue weighted by molar-refractivity contribution is 0.352. The molecule has 1 nitrogen and oxygen atoms in total. The number of hydrogen-bond donors (Lipinski definition) is 0. The number of aromatic nitrogens is 1. The molecule has 0 saturated heterocycles. The smallest absolute Gasteiger partial charge is 0.0926 e. The van der Waals surface area contributed by atoms with Crippen molar-refractivity contribution in [3.05, 3.63) is 59.4 Å². The lowest BCUT2D eigenvalue weighted by Gasteiger charge is -2.24. The van der Waals surface area contributed by atoms with Crippen molar-refractivity contribution in [1.82, 2.24) is 4.57 Å². The van der Waals surface area contributed by atoms with E-state index in [-0.39, 0.29) is 0 Å². The zero-order valence-corrected chi connectivity index (χ0v) is 12.1. The molecule has 102 valence electrons. The second-order valence-electron chi connectivity index (χ2n) is 5.71. The van der Waals surface area contributed by atoms with Gasteiger partial charge in [-0.15, -0.1) is 0 Å². The van der Waals surface area contributed by atoms with Crippen LogP contribution in [0.5, 0.6) is 0 Å². The Balaban J connectivity index is 1.81. The molecule has 0 atom stereocenters. The molecule has 1 saturated carbocycles. The minimum Gasteiger partial charge on any atom is -0.338 e. The number of rotatable bonds is 1. The largest absolute Gasteiger partial charge is 0.338 e. The van der Waals surface area contributed by atoms with Crippen LogP contribution in [0.3, 0.4) is 0 Å². The summed E-state index contributed by atoms with van der Waals surface area (Å²) in [6.07, 6.45) is 8.89. The minimum absolute atomic E-state index is 0.654. The first kappa shape index (κ1) is 13.1. The van der Waals surface area contributed by atoms with Gasteiger partial charge in [0.05, 0.1) is 5.69 Å². The molecule has 2 aromatic rings. The third-order valence-corrected chi connectivity index (χ3v) is 4.13. The van der Waals surface area contributed by atoms with Crippen molar-refractivity contribution >= 4 is 0 Å². The van der Waals surface area contributed by atoms with Crippen LogP contribution in [0.15, 0.2) is 42.6 Å². The molecule has 0 radical (unpaired) electrons. The first-order valence-corrected chi connectivity index (χ1v) is 7.58. The topological polar surface area (TPSA) is 4.93 Å². The lowest BCUT2D eigenvalue weighted by Crippen LogP contribution is -2.13. The summed E-state index contributed by atoms with van der Waals surface area (Å²) < 4.78 is 2.38. The van der Waals surface area contributed by atoms with E-state index in [1.807, 2.05) is 0 Å². The Morgan fingerprint density at radius 3 is 2.45 bits per heavy atom. The molecule has 0 bridgehead atoms. The highest BCUT2D eigenvalue weighted by molar-refractivity contribution is 5.41. The molecular formula is C19H21N. The summed E-state index contributed by atoms with van der Waals surface area (Å²) in [5.41, 5.74) is 3.52. The average Bonchev–Trinajstić information content (AvgIpc) is 2.96. The van der Waals surface area contributed by atoms with Gasteiger partial charge in [-0.2, -0.15) is 0 Å². The molecule has 1 aliphatic carbocycles. The number of aryl methyl sites for hydroxylation is 1. The maximum atomic E-state index is 3.34. The van der Waals surface area contributed by atoms with Crippen LogP contribution in [-0.2, 0) is 0 Å². The van der Waals surface area contributed by atoms with Crippen LogP contribution in [0, 0.1) is 18.8 Å². The van der Waals surface area contributed by atoms with Gasteiger partial charge in [-0.1, -0.05) is 42.9 Å². The molecule has 3 rings (SSSR count). The summed E-state index contributed by atoms with van der Waals surface area (Å²) in [5, 5.41) is 0. The lowest BCUT2D eigenvalue weighted by atomic mass is 9.95. The molecule has 1 heteroatoms. The van der Waals surface area contributed by atoms with Gasteiger partial charge in [0.15, 0.2) is 0 Å². The van der Waals surface area contributed by atoms with Gasteiger partial charge >= 0.3 is 0 Å². The molecule has 0 unspecified atom stereocenters. The van der Waals surface area contributed by atoms with E-state index >= 15 is 0 Å². The Kier molecular flexibility index (Phi) is 3.92. The molecule has 1 heterocycles. The van der Waals surface area contributed by atoms with E-state index in [1.54, 1.807) is 0 Å². The van der Waals surface area contributed by atoms with Crippen molar-refractivity contribution in [2.75, 3.05) is 0 Å². The second-order valence-corrected chi connectivity index (χ2v) is 5.71.